The van der Waals surface area contributed by atoms with Crippen molar-refractivity contribution in [2.45, 2.75) is 11.4 Å². The van der Waals surface area contributed by atoms with Crippen molar-refractivity contribution in [1.29, 1.82) is 0 Å². The maximum absolute atomic E-state index is 12.2. The summed E-state index contributed by atoms with van der Waals surface area (Å²) in [6, 6.07) is 15.7. The lowest BCUT2D eigenvalue weighted by molar-refractivity contribution is 0.581. The van der Waals surface area contributed by atoms with Crippen LogP contribution < -0.4 is 4.72 Å². The molecule has 3 aromatic rings. The van der Waals surface area contributed by atoms with Gasteiger partial charge in [-0.3, -0.25) is 0 Å². The lowest BCUT2D eigenvalue weighted by atomic mass is 10.2. The second kappa shape index (κ2) is 6.04. The number of tetrazole rings is 1. The van der Waals surface area contributed by atoms with Crippen LogP contribution in [0.25, 0.3) is 5.69 Å². The molecule has 0 spiro atoms. The Bertz CT molecular complexity index is 831. The maximum atomic E-state index is 12.2. The summed E-state index contributed by atoms with van der Waals surface area (Å²) in [6.07, 6.45) is 1.44. The summed E-state index contributed by atoms with van der Waals surface area (Å²) < 4.78 is 28.5. The van der Waals surface area contributed by atoms with Crippen LogP contribution >= 0.6 is 0 Å². The zero-order valence-corrected chi connectivity index (χ0v) is 12.3. The number of rotatable bonds is 5. The summed E-state index contributed by atoms with van der Waals surface area (Å²) in [5.74, 6) is 0. The molecule has 1 aromatic heterocycles. The van der Waals surface area contributed by atoms with E-state index in [1.807, 2.05) is 30.3 Å². The monoisotopic (exact) mass is 315 g/mol. The Hall–Kier alpha value is -2.58. The molecule has 7 nitrogen and oxygen atoms in total. The molecule has 0 unspecified atom stereocenters. The molecule has 8 heteroatoms. The predicted octanol–water partition coefficient (Wildman–Crippen LogP) is 1.14. The van der Waals surface area contributed by atoms with Crippen LogP contribution in [0.4, 0.5) is 0 Å². The van der Waals surface area contributed by atoms with E-state index < -0.39 is 10.0 Å². The first-order valence-electron chi connectivity index (χ1n) is 6.52. The molecule has 2 aromatic carbocycles. The van der Waals surface area contributed by atoms with Crippen LogP contribution in [0.15, 0.2) is 65.8 Å². The van der Waals surface area contributed by atoms with Crippen molar-refractivity contribution in [2.24, 2.45) is 0 Å². The van der Waals surface area contributed by atoms with Crippen molar-refractivity contribution in [3.8, 4) is 5.69 Å². The molecule has 0 amide bonds. The Morgan fingerprint density at radius 3 is 2.36 bits per heavy atom. The smallest absolute Gasteiger partial charge is 0.207 e. The van der Waals surface area contributed by atoms with Crippen molar-refractivity contribution < 1.29 is 8.42 Å². The zero-order chi connectivity index (χ0) is 15.4. The molecule has 0 saturated heterocycles. The van der Waals surface area contributed by atoms with Crippen LogP contribution in [-0.2, 0) is 16.6 Å². The molecular formula is C14H13N5O2S. The van der Waals surface area contributed by atoms with Crippen LogP contribution in [0.2, 0.25) is 0 Å². The fourth-order valence-electron chi connectivity index (χ4n) is 1.92. The van der Waals surface area contributed by atoms with Crippen molar-refractivity contribution in [1.82, 2.24) is 24.9 Å². The zero-order valence-electron chi connectivity index (χ0n) is 11.5. The van der Waals surface area contributed by atoms with Gasteiger partial charge in [-0.1, -0.05) is 30.3 Å². The first-order chi connectivity index (χ1) is 10.6. The SMILES string of the molecule is O=S(=O)(NCc1ccccc1)c1ccc(-n2cnnn2)cc1. The van der Waals surface area contributed by atoms with Crippen molar-refractivity contribution in [2.75, 3.05) is 0 Å². The highest BCUT2D eigenvalue weighted by molar-refractivity contribution is 7.89. The van der Waals surface area contributed by atoms with Crippen molar-refractivity contribution in [3.63, 3.8) is 0 Å². The van der Waals surface area contributed by atoms with Gasteiger partial charge in [0.25, 0.3) is 0 Å². The summed E-state index contributed by atoms with van der Waals surface area (Å²) >= 11 is 0. The normalized spacial score (nSPS) is 11.5. The van der Waals surface area contributed by atoms with Crippen LogP contribution in [0, 0.1) is 0 Å². The number of nitrogens with zero attached hydrogens (tertiary/aromatic N) is 4. The Morgan fingerprint density at radius 1 is 1.00 bits per heavy atom. The molecule has 22 heavy (non-hydrogen) atoms. The second-order valence-corrected chi connectivity index (χ2v) is 6.33. The topological polar surface area (TPSA) is 89.8 Å². The van der Waals surface area contributed by atoms with Crippen LogP contribution in [0.1, 0.15) is 5.56 Å². The number of nitrogens with one attached hydrogen (secondary N) is 1. The standard InChI is InChI=1S/C14H13N5O2S/c20-22(21,16-10-12-4-2-1-3-5-12)14-8-6-13(7-9-14)19-11-15-17-18-19/h1-9,11,16H,10H2. The van der Waals surface area contributed by atoms with E-state index in [-0.39, 0.29) is 11.4 Å². The number of sulfonamides is 1. The van der Waals surface area contributed by atoms with Gasteiger partial charge in [-0.15, -0.1) is 5.10 Å². The number of hydrogen-bond acceptors (Lipinski definition) is 5. The molecule has 0 atom stereocenters. The molecular weight excluding hydrogens is 302 g/mol. The number of hydrogen-bond donors (Lipinski definition) is 1. The fourth-order valence-corrected chi connectivity index (χ4v) is 2.93. The largest absolute Gasteiger partial charge is 0.240 e. The van der Waals surface area contributed by atoms with E-state index in [9.17, 15) is 8.42 Å². The van der Waals surface area contributed by atoms with Gasteiger partial charge in [0.2, 0.25) is 10.0 Å². The molecule has 0 fully saturated rings. The van der Waals surface area contributed by atoms with Crippen molar-refractivity contribution >= 4 is 10.0 Å². The van der Waals surface area contributed by atoms with Crippen LogP contribution in [-0.4, -0.2) is 28.6 Å². The average molecular weight is 315 g/mol. The minimum absolute atomic E-state index is 0.195. The van der Waals surface area contributed by atoms with Gasteiger partial charge < -0.3 is 0 Å². The highest BCUT2D eigenvalue weighted by atomic mass is 32.2. The molecule has 112 valence electrons. The van der Waals surface area contributed by atoms with E-state index in [4.69, 9.17) is 0 Å². The van der Waals surface area contributed by atoms with E-state index in [1.165, 1.54) is 23.1 Å². The fraction of sp³-hybridized carbons (Fsp3) is 0.0714. The molecule has 0 aliphatic rings. The van der Waals surface area contributed by atoms with E-state index >= 15 is 0 Å². The molecule has 0 aliphatic heterocycles. The third-order valence-electron chi connectivity index (χ3n) is 3.07. The van der Waals surface area contributed by atoms with Gasteiger partial charge in [0.1, 0.15) is 6.33 Å². The molecule has 0 radical (unpaired) electrons. The Balaban J connectivity index is 1.75. The van der Waals surface area contributed by atoms with Gasteiger partial charge in [0.05, 0.1) is 10.6 Å². The third-order valence-corrected chi connectivity index (χ3v) is 4.49. The van der Waals surface area contributed by atoms with E-state index in [2.05, 4.69) is 20.2 Å². The lowest BCUT2D eigenvalue weighted by Gasteiger charge is -2.07. The third kappa shape index (κ3) is 3.18. The van der Waals surface area contributed by atoms with E-state index in [0.29, 0.717) is 5.69 Å². The number of benzene rings is 2. The van der Waals surface area contributed by atoms with Crippen molar-refractivity contribution in [3.05, 3.63) is 66.5 Å². The van der Waals surface area contributed by atoms with Crippen LogP contribution in [0.5, 0.6) is 0 Å². The van der Waals surface area contributed by atoms with Gasteiger partial charge in [0, 0.05) is 6.54 Å². The van der Waals surface area contributed by atoms with Gasteiger partial charge >= 0.3 is 0 Å². The van der Waals surface area contributed by atoms with Gasteiger partial charge in [-0.25, -0.2) is 17.8 Å². The minimum atomic E-state index is -3.55. The summed E-state index contributed by atoms with van der Waals surface area (Å²) in [5.41, 5.74) is 1.59. The lowest BCUT2D eigenvalue weighted by Crippen LogP contribution is -2.23. The quantitative estimate of drug-likeness (QED) is 0.762. The van der Waals surface area contributed by atoms with E-state index in [1.54, 1.807) is 12.1 Å². The first-order valence-corrected chi connectivity index (χ1v) is 8.00. The Morgan fingerprint density at radius 2 is 1.73 bits per heavy atom. The highest BCUT2D eigenvalue weighted by Crippen LogP contribution is 2.13. The summed E-state index contributed by atoms with van der Waals surface area (Å²) in [5, 5.41) is 10.8. The molecule has 3 rings (SSSR count). The van der Waals surface area contributed by atoms with Gasteiger partial charge in [0.15, 0.2) is 0 Å². The minimum Gasteiger partial charge on any atom is -0.207 e. The first kappa shape index (κ1) is 14.4. The maximum Gasteiger partial charge on any atom is 0.240 e. The predicted molar refractivity (Wildman–Crippen MR) is 79.6 cm³/mol. The molecule has 1 N–H and O–H groups in total. The Kier molecular flexibility index (Phi) is 3.94. The molecule has 0 bridgehead atoms. The summed E-state index contributed by atoms with van der Waals surface area (Å²) in [4.78, 5) is 0.195. The van der Waals surface area contributed by atoms with E-state index in [0.717, 1.165) is 5.56 Å². The van der Waals surface area contributed by atoms with Crippen LogP contribution in [0.3, 0.4) is 0 Å². The Labute approximate surface area is 127 Å². The summed E-state index contributed by atoms with van der Waals surface area (Å²) in [6.45, 7) is 0.248. The second-order valence-electron chi connectivity index (χ2n) is 4.56. The number of aromatic nitrogens is 4. The highest BCUT2D eigenvalue weighted by Gasteiger charge is 2.13. The average Bonchev–Trinajstić information content (AvgIpc) is 3.09. The molecule has 0 saturated carbocycles. The summed E-state index contributed by atoms with van der Waals surface area (Å²) in [7, 11) is -3.55. The van der Waals surface area contributed by atoms with Gasteiger partial charge in [-0.05, 0) is 40.3 Å². The molecule has 0 aliphatic carbocycles. The molecule has 1 heterocycles. The van der Waals surface area contributed by atoms with Gasteiger partial charge in [-0.2, -0.15) is 0 Å².